The number of cyclic esters (lactones) is 1. The average molecular weight is 1310 g/mol. The summed E-state index contributed by atoms with van der Waals surface area (Å²) in [4.78, 5) is 67.5. The van der Waals surface area contributed by atoms with Crippen molar-refractivity contribution in [2.45, 2.75) is 230 Å². The Balaban J connectivity index is 0.979. The number of hydrogen-bond donors (Lipinski definition) is 3. The predicted molar refractivity (Wildman–Crippen MR) is 342 cm³/mol. The first-order valence-electron chi connectivity index (χ1n) is 33.8. The van der Waals surface area contributed by atoms with Gasteiger partial charge in [-0.2, -0.15) is 0 Å². The van der Waals surface area contributed by atoms with Crippen LogP contribution in [0.25, 0.3) is 11.1 Å². The van der Waals surface area contributed by atoms with Crippen molar-refractivity contribution >= 4 is 23.8 Å². The second-order valence-corrected chi connectivity index (χ2v) is 28.2. The third-order valence-corrected chi connectivity index (χ3v) is 21.8. The number of aromatic nitrogens is 4. The number of benzene rings is 1. The van der Waals surface area contributed by atoms with Gasteiger partial charge in [-0.25, -0.2) is 24.3 Å². The highest BCUT2D eigenvalue weighted by atomic mass is 19.1. The van der Waals surface area contributed by atoms with Crippen LogP contribution >= 0.6 is 0 Å². The van der Waals surface area contributed by atoms with Crippen LogP contribution in [0.5, 0.6) is 0 Å². The number of halogens is 1. The van der Waals surface area contributed by atoms with Crippen LogP contribution in [0.2, 0.25) is 0 Å². The molecule has 6 saturated heterocycles. The summed E-state index contributed by atoms with van der Waals surface area (Å²) in [6.07, 6.45) is -1.60. The number of fused-ring (bicyclic) bond motifs is 1. The van der Waals surface area contributed by atoms with Crippen LogP contribution in [0, 0.1) is 42.4 Å². The van der Waals surface area contributed by atoms with Gasteiger partial charge in [0.15, 0.2) is 11.9 Å². The van der Waals surface area contributed by atoms with E-state index in [2.05, 4.69) is 20.7 Å². The Labute approximate surface area is 548 Å². The van der Waals surface area contributed by atoms with E-state index in [1.807, 2.05) is 108 Å². The highest BCUT2D eigenvalue weighted by Gasteiger charge is 2.62. The molecule has 24 heteroatoms. The number of carbonyl (C=O) groups is 4. The number of amides is 2. The minimum atomic E-state index is -1.53. The molecule has 3 aromatic rings. The lowest BCUT2D eigenvalue weighted by Gasteiger charge is -2.52. The second-order valence-electron chi connectivity index (χ2n) is 28.2. The Morgan fingerprint density at radius 3 is 2.19 bits per heavy atom. The second kappa shape index (κ2) is 30.5. The molecule has 0 saturated carbocycles. The van der Waals surface area contributed by atoms with Crippen molar-refractivity contribution in [3.63, 3.8) is 0 Å². The minimum Gasteiger partial charge on any atom is -0.458 e. The molecule has 9 rings (SSSR count). The number of nitrogens with one attached hydrogen (secondary N) is 1. The Morgan fingerprint density at radius 2 is 1.57 bits per heavy atom. The number of hydrogen-bond acceptors (Lipinski definition) is 20. The number of nitrogens with zero attached hydrogens (tertiary/aromatic N) is 7. The highest BCUT2D eigenvalue weighted by molar-refractivity contribution is 5.85. The van der Waals surface area contributed by atoms with Crippen LogP contribution in [0.4, 0.5) is 9.18 Å². The van der Waals surface area contributed by atoms with E-state index in [-0.39, 0.29) is 42.9 Å². The van der Waals surface area contributed by atoms with Crippen molar-refractivity contribution in [1.82, 2.24) is 40.2 Å². The zero-order valence-electron chi connectivity index (χ0n) is 57.4. The first-order valence-corrected chi connectivity index (χ1v) is 33.8. The molecule has 93 heavy (non-hydrogen) atoms. The molecule has 2 aromatic heterocycles. The fraction of sp³-hybridized carbons (Fsp3) is 0.754. The number of likely N-dealkylation sites (N-methyl/N-ethyl adjacent to an activating group) is 1. The normalized spacial score (nSPS) is 36.2. The van der Waals surface area contributed by atoms with Crippen LogP contribution in [0.1, 0.15) is 150 Å². The summed E-state index contributed by atoms with van der Waals surface area (Å²) in [6, 6.07) is 9.20. The molecule has 1 unspecified atom stereocenters. The SMILES string of the molecule is CC[C@H]1OC(=O)[C@H](C)C([C@H]2C[C@@](C)(OC)[C@@H](O)[C@H](C)O2)[C@H](C)[C@@H](O[C@@H]2O[C@H](C)C[C@H](N(C)CCc3cn([C@H](CF)[C@H](OC)c4ccc(-c5ccc(C)nc5)cc4)nn3)[C@H]2O)[C@](C)(OC)C[C@@H](C)C(=O)[C@H](C)[C@H]2N(NC3CCN(C(=O)C4CCOCC4)CC3)C(=O)O[C@]12C. The number of piperidine rings is 1. The number of ketones is 1. The summed E-state index contributed by atoms with van der Waals surface area (Å²) in [5.74, 6) is -4.85. The fourth-order valence-electron chi connectivity index (χ4n) is 16.1. The van der Waals surface area contributed by atoms with Crippen molar-refractivity contribution in [2.24, 2.45) is 35.5 Å². The molecule has 2 amide bonds. The number of likely N-dealkylation sites (tertiary alicyclic amines) is 1. The standard InChI is InChI=1S/C69H105FN8O15/c1-16-55-69(11)60(78(66(84)93-69)73-50-24-29-76(30-25-50)63(82)48-26-31-88-32-27-48)44(7)57(79)39(2)34-68(10,87-15)62(42(5)56(43(6)64(83)91-55)54-35-67(9,86-14)61(81)45(8)90-54)92-65-58(80)52(33-41(4)89-65)75(12)28-23-51-38-77(74-72-51)53(36-70)59(85-13)47-21-19-46(20-22-47)49-18-17-40(3)71-37-49/h17-22,37-39,41-45,48,50,52-56,58-62,65,73,80-81H,16,23-36H2,1-15H3/t39-,41-,42+,43-,44+,45+,52+,53-,54-,55-,56?,58-,59-,60-,61+,62-,65+,67-,68-,69-/m1/s1. The number of rotatable bonds is 19. The number of aliphatic hydroxyl groups is 2. The van der Waals surface area contributed by atoms with E-state index < -0.39 is 138 Å². The molecule has 0 bridgehead atoms. The smallest absolute Gasteiger partial charge is 0.425 e. The van der Waals surface area contributed by atoms with E-state index in [1.165, 1.54) is 16.8 Å². The number of hydrazine groups is 1. The number of aliphatic hydroxyl groups excluding tert-OH is 2. The van der Waals surface area contributed by atoms with Crippen molar-refractivity contribution in [1.29, 1.82) is 0 Å². The Kier molecular flexibility index (Phi) is 23.7. The van der Waals surface area contributed by atoms with E-state index in [0.717, 1.165) is 22.4 Å². The van der Waals surface area contributed by atoms with Crippen LogP contribution in [0.3, 0.4) is 0 Å². The number of methoxy groups -OCH3 is 3. The molecule has 6 aliphatic heterocycles. The number of pyridine rings is 1. The Hall–Kier alpha value is -5.12. The molecule has 8 heterocycles. The van der Waals surface area contributed by atoms with Crippen molar-refractivity contribution in [3.05, 3.63) is 65.7 Å². The van der Waals surface area contributed by atoms with Gasteiger partial charge in [-0.3, -0.25) is 19.4 Å². The third-order valence-electron chi connectivity index (χ3n) is 21.8. The molecule has 6 aliphatic rings. The van der Waals surface area contributed by atoms with E-state index in [1.54, 1.807) is 48.1 Å². The Morgan fingerprint density at radius 1 is 0.892 bits per heavy atom. The number of esters is 1. The lowest BCUT2D eigenvalue weighted by Crippen LogP contribution is -2.63. The molecule has 23 nitrogen and oxygen atoms in total. The maximum absolute atomic E-state index is 15.5. The molecule has 0 aliphatic carbocycles. The predicted octanol–water partition coefficient (Wildman–Crippen LogP) is 7.58. The van der Waals surface area contributed by atoms with Crippen molar-refractivity contribution < 1.29 is 76.4 Å². The molecule has 1 aromatic carbocycles. The number of aryl methyl sites for hydroxylation is 1. The zero-order valence-corrected chi connectivity index (χ0v) is 57.4. The number of Topliss-reactive ketones (excluding diaryl/α,β-unsaturated/α-hetero) is 1. The largest absolute Gasteiger partial charge is 0.458 e. The maximum Gasteiger partial charge on any atom is 0.425 e. The van der Waals surface area contributed by atoms with Gasteiger partial charge in [-0.05, 0) is 117 Å². The molecule has 518 valence electrons. The van der Waals surface area contributed by atoms with E-state index in [4.69, 9.17) is 42.6 Å². The molecule has 3 N–H and O–H groups in total. The van der Waals surface area contributed by atoms with Crippen molar-refractivity contribution in [2.75, 3.05) is 67.9 Å². The van der Waals surface area contributed by atoms with E-state index >= 15 is 14.0 Å². The maximum atomic E-state index is 15.5. The number of ether oxygens (including phenoxy) is 9. The first-order chi connectivity index (χ1) is 44.2. The lowest BCUT2D eigenvalue weighted by atomic mass is 9.67. The monoisotopic (exact) mass is 1300 g/mol. The quantitative estimate of drug-likeness (QED) is 0.0978. The molecular formula is C69H105FN8O15. The molecule has 6 fully saturated rings. The van der Waals surface area contributed by atoms with Crippen LogP contribution in [-0.4, -0.2) is 221 Å². The van der Waals surface area contributed by atoms with Gasteiger partial charge in [0, 0.05) is 126 Å². The van der Waals surface area contributed by atoms with Gasteiger partial charge in [-0.15, -0.1) is 5.10 Å². The van der Waals surface area contributed by atoms with Crippen LogP contribution in [-0.2, 0) is 63.4 Å². The summed E-state index contributed by atoms with van der Waals surface area (Å²) in [5, 5.41) is 34.5. The van der Waals surface area contributed by atoms with Gasteiger partial charge in [0.2, 0.25) is 5.91 Å². The van der Waals surface area contributed by atoms with Crippen molar-refractivity contribution in [3.8, 4) is 11.1 Å². The highest BCUT2D eigenvalue weighted by Crippen LogP contribution is 2.48. The zero-order chi connectivity index (χ0) is 67.4. The van der Waals surface area contributed by atoms with Gasteiger partial charge in [0.25, 0.3) is 0 Å². The molecule has 0 spiro atoms. The van der Waals surface area contributed by atoms with E-state index in [0.29, 0.717) is 77.1 Å². The Bertz CT molecular complexity index is 2970. The molecular weight excluding hydrogens is 1200 g/mol. The average Bonchev–Trinajstić information content (AvgIpc) is 1.69. The van der Waals surface area contributed by atoms with Crippen LogP contribution in [0.15, 0.2) is 48.8 Å². The number of carbonyl (C=O) groups excluding carboxylic acids is 4. The molecule has 20 atom stereocenters. The summed E-state index contributed by atoms with van der Waals surface area (Å²) in [7, 11) is 6.55. The van der Waals surface area contributed by atoms with Gasteiger partial charge in [0.05, 0.1) is 47.2 Å². The topological polar surface area (TPSA) is 257 Å². The van der Waals surface area contributed by atoms with Gasteiger partial charge < -0.3 is 62.6 Å². The summed E-state index contributed by atoms with van der Waals surface area (Å²) >= 11 is 0. The minimum absolute atomic E-state index is 0.0824. The fourth-order valence-corrected chi connectivity index (χ4v) is 16.1. The summed E-state index contributed by atoms with van der Waals surface area (Å²) < 4.78 is 74.6. The van der Waals surface area contributed by atoms with Crippen LogP contribution < -0.4 is 5.43 Å². The third kappa shape index (κ3) is 15.4. The first kappa shape index (κ1) is 72.2. The summed E-state index contributed by atoms with van der Waals surface area (Å²) in [5.41, 5.74) is 3.71. The van der Waals surface area contributed by atoms with Gasteiger partial charge in [0.1, 0.15) is 49.0 Å². The molecule has 0 radical (unpaired) electrons. The van der Waals surface area contributed by atoms with Gasteiger partial charge >= 0.3 is 12.1 Å². The van der Waals surface area contributed by atoms with Gasteiger partial charge in [-0.1, -0.05) is 70.2 Å². The summed E-state index contributed by atoms with van der Waals surface area (Å²) in [6.45, 7) is 22.0. The van der Waals surface area contributed by atoms with E-state index in [9.17, 15) is 19.8 Å². The lowest BCUT2D eigenvalue weighted by molar-refractivity contribution is -0.305. The number of alkyl halides is 1.